The van der Waals surface area contributed by atoms with E-state index in [0.717, 1.165) is 12.8 Å². The Kier molecular flexibility index (Phi) is 3.24. The topological polar surface area (TPSA) is 68.5 Å². The highest BCUT2D eigenvalue weighted by molar-refractivity contribution is 6.06. The van der Waals surface area contributed by atoms with Crippen molar-refractivity contribution in [2.75, 3.05) is 18.1 Å². The average Bonchev–Trinajstić information content (AvgIpc) is 3.32. The largest absolute Gasteiger partial charge is 0.489 e. The lowest BCUT2D eigenvalue weighted by Crippen LogP contribution is -2.38. The number of rotatable bonds is 3. The van der Waals surface area contributed by atoms with Gasteiger partial charge in [-0.15, -0.1) is 0 Å². The van der Waals surface area contributed by atoms with Crippen LogP contribution in [-0.2, 0) is 0 Å². The number of halogens is 2. The van der Waals surface area contributed by atoms with Gasteiger partial charge in [-0.05, 0) is 12.8 Å². The van der Waals surface area contributed by atoms with Crippen molar-refractivity contribution in [1.82, 2.24) is 9.97 Å². The summed E-state index contributed by atoms with van der Waals surface area (Å²) in [4.78, 5) is 21.9. The summed E-state index contributed by atoms with van der Waals surface area (Å²) in [6.45, 7) is 0.510. The van der Waals surface area contributed by atoms with Crippen LogP contribution in [0.3, 0.4) is 0 Å². The number of carbonyl (C=O) groups is 1. The zero-order chi connectivity index (χ0) is 16.0. The molecule has 0 spiro atoms. The number of hydrogen-bond acceptors (Lipinski definition) is 5. The highest BCUT2D eigenvalue weighted by Gasteiger charge is 2.37. The fourth-order valence-corrected chi connectivity index (χ4v) is 2.55. The molecule has 2 aromatic rings. The van der Waals surface area contributed by atoms with Crippen LogP contribution in [0.25, 0.3) is 0 Å². The van der Waals surface area contributed by atoms with Crippen LogP contribution in [-0.4, -0.2) is 29.0 Å². The van der Waals surface area contributed by atoms with E-state index in [1.807, 2.05) is 0 Å². The van der Waals surface area contributed by atoms with Gasteiger partial charge in [0.25, 0.3) is 12.3 Å². The number of amides is 1. The van der Waals surface area contributed by atoms with E-state index < -0.39 is 23.8 Å². The second-order valence-electron chi connectivity index (χ2n) is 5.49. The molecule has 0 atom stereocenters. The highest BCUT2D eigenvalue weighted by Crippen LogP contribution is 2.41. The van der Waals surface area contributed by atoms with Gasteiger partial charge in [-0.2, -0.15) is 0 Å². The molecule has 0 unspecified atom stereocenters. The van der Waals surface area contributed by atoms with Gasteiger partial charge in [-0.1, -0.05) is 0 Å². The number of ether oxygens (including phenoxy) is 1. The zero-order valence-corrected chi connectivity index (χ0v) is 12.0. The first-order chi connectivity index (χ1) is 11.1. The van der Waals surface area contributed by atoms with Gasteiger partial charge >= 0.3 is 0 Å². The third kappa shape index (κ3) is 2.43. The Morgan fingerprint density at radius 1 is 1.39 bits per heavy atom. The van der Waals surface area contributed by atoms with Crippen LogP contribution in [0.2, 0.25) is 0 Å². The van der Waals surface area contributed by atoms with Gasteiger partial charge in [0.2, 0.25) is 5.76 Å². The number of aromatic nitrogens is 2. The maximum absolute atomic E-state index is 13.2. The Balaban J connectivity index is 1.72. The van der Waals surface area contributed by atoms with Gasteiger partial charge in [0, 0.05) is 18.2 Å². The van der Waals surface area contributed by atoms with Crippen LogP contribution in [0.5, 0.6) is 5.75 Å². The first kappa shape index (κ1) is 14.1. The van der Waals surface area contributed by atoms with Crippen molar-refractivity contribution in [3.8, 4) is 5.75 Å². The van der Waals surface area contributed by atoms with E-state index in [2.05, 4.69) is 9.97 Å². The van der Waals surface area contributed by atoms with Gasteiger partial charge in [-0.25, -0.2) is 13.8 Å². The van der Waals surface area contributed by atoms with Crippen LogP contribution in [0.1, 0.15) is 47.3 Å². The number of anilines is 1. The fourth-order valence-electron chi connectivity index (χ4n) is 2.55. The monoisotopic (exact) mass is 321 g/mol. The van der Waals surface area contributed by atoms with Gasteiger partial charge in [-0.3, -0.25) is 14.7 Å². The van der Waals surface area contributed by atoms with Crippen molar-refractivity contribution in [3.63, 3.8) is 0 Å². The molecule has 0 saturated heterocycles. The van der Waals surface area contributed by atoms with E-state index in [1.165, 1.54) is 17.3 Å². The molecule has 4 rings (SSSR count). The smallest absolute Gasteiger partial charge is 0.296 e. The number of alkyl halides is 2. The lowest BCUT2D eigenvalue weighted by atomic mass is 10.2. The fraction of sp³-hybridized carbons (Fsp3) is 0.400. The normalized spacial score (nSPS) is 17.1. The Labute approximate surface area is 130 Å². The molecular formula is C15H13F2N3O3. The van der Waals surface area contributed by atoms with Crippen molar-refractivity contribution in [3.05, 3.63) is 35.8 Å². The van der Waals surface area contributed by atoms with Gasteiger partial charge < -0.3 is 9.15 Å². The van der Waals surface area contributed by atoms with Crippen molar-refractivity contribution < 1.29 is 22.7 Å². The Morgan fingerprint density at radius 2 is 2.22 bits per heavy atom. The highest BCUT2D eigenvalue weighted by atomic mass is 19.3. The number of carbonyl (C=O) groups excluding carboxylic acids is 1. The van der Waals surface area contributed by atoms with E-state index in [4.69, 9.17) is 9.15 Å². The third-order valence-corrected chi connectivity index (χ3v) is 3.87. The summed E-state index contributed by atoms with van der Waals surface area (Å²) in [5, 5.41) is 0. The minimum atomic E-state index is -2.86. The standard InChI is InChI=1S/C15H13F2N3O3/c16-13(17)11-12(23-14(19-11)8-1-2-8)15(21)20-5-6-22-10-3-4-18-7-9(10)20/h3-4,7-8,13H,1-2,5-6H2. The summed E-state index contributed by atoms with van der Waals surface area (Å²) in [6.07, 6.45) is 1.84. The van der Waals surface area contributed by atoms with Crippen LogP contribution in [0, 0.1) is 0 Å². The maximum Gasteiger partial charge on any atom is 0.296 e. The van der Waals surface area contributed by atoms with E-state index in [1.54, 1.807) is 6.07 Å². The van der Waals surface area contributed by atoms with Crippen LogP contribution in [0.4, 0.5) is 14.5 Å². The number of nitrogens with zero attached hydrogens (tertiary/aromatic N) is 3. The van der Waals surface area contributed by atoms with E-state index >= 15 is 0 Å². The summed E-state index contributed by atoms with van der Waals surface area (Å²) in [6, 6.07) is 1.62. The summed E-state index contributed by atoms with van der Waals surface area (Å²) < 4.78 is 37.3. The molecule has 0 bridgehead atoms. The predicted octanol–water partition coefficient (Wildman–Crippen LogP) is 2.92. The Hall–Kier alpha value is -2.51. The Bertz CT molecular complexity index is 758. The second-order valence-corrected chi connectivity index (χ2v) is 5.49. The van der Waals surface area contributed by atoms with E-state index in [0.29, 0.717) is 11.4 Å². The molecular weight excluding hydrogens is 308 g/mol. The summed E-state index contributed by atoms with van der Waals surface area (Å²) in [5.74, 6) is -0.271. The van der Waals surface area contributed by atoms with Crippen LogP contribution in [0.15, 0.2) is 22.9 Å². The molecule has 1 amide bonds. The first-order valence-corrected chi connectivity index (χ1v) is 7.32. The van der Waals surface area contributed by atoms with Crippen LogP contribution >= 0.6 is 0 Å². The molecule has 2 aromatic heterocycles. The number of pyridine rings is 1. The Morgan fingerprint density at radius 3 is 2.96 bits per heavy atom. The van der Waals surface area contributed by atoms with Gasteiger partial charge in [0.05, 0.1) is 12.7 Å². The molecule has 3 heterocycles. The molecule has 0 N–H and O–H groups in total. The van der Waals surface area contributed by atoms with Crippen molar-refractivity contribution in [2.24, 2.45) is 0 Å². The molecule has 1 saturated carbocycles. The summed E-state index contributed by atoms with van der Waals surface area (Å²) in [7, 11) is 0. The minimum Gasteiger partial charge on any atom is -0.489 e. The number of hydrogen-bond donors (Lipinski definition) is 0. The van der Waals surface area contributed by atoms with Crippen molar-refractivity contribution in [2.45, 2.75) is 25.2 Å². The molecule has 120 valence electrons. The van der Waals surface area contributed by atoms with E-state index in [9.17, 15) is 13.6 Å². The average molecular weight is 321 g/mol. The molecule has 1 aliphatic carbocycles. The van der Waals surface area contributed by atoms with E-state index in [-0.39, 0.29) is 25.0 Å². The summed E-state index contributed by atoms with van der Waals surface area (Å²) in [5.41, 5.74) is -0.151. The predicted molar refractivity (Wildman–Crippen MR) is 74.8 cm³/mol. The van der Waals surface area contributed by atoms with Crippen molar-refractivity contribution >= 4 is 11.6 Å². The molecule has 0 radical (unpaired) electrons. The molecule has 2 aliphatic rings. The zero-order valence-electron chi connectivity index (χ0n) is 12.0. The maximum atomic E-state index is 13.2. The molecule has 1 fully saturated rings. The second kappa shape index (κ2) is 5.29. The van der Waals surface area contributed by atoms with Crippen molar-refractivity contribution in [1.29, 1.82) is 0 Å². The quantitative estimate of drug-likeness (QED) is 0.869. The van der Waals surface area contributed by atoms with Gasteiger partial charge in [0.1, 0.15) is 18.0 Å². The SMILES string of the molecule is O=C(c1oc(C2CC2)nc1C(F)F)N1CCOc2ccncc21. The number of oxazole rings is 1. The minimum absolute atomic E-state index is 0.0488. The number of fused-ring (bicyclic) bond motifs is 1. The van der Waals surface area contributed by atoms with Gasteiger partial charge in [0.15, 0.2) is 11.6 Å². The first-order valence-electron chi connectivity index (χ1n) is 7.32. The lowest BCUT2D eigenvalue weighted by molar-refractivity contribution is 0.0929. The summed E-state index contributed by atoms with van der Waals surface area (Å²) >= 11 is 0. The molecule has 0 aromatic carbocycles. The molecule has 23 heavy (non-hydrogen) atoms. The molecule has 6 nitrogen and oxygen atoms in total. The lowest BCUT2D eigenvalue weighted by Gasteiger charge is -2.28. The molecule has 8 heteroatoms. The third-order valence-electron chi connectivity index (χ3n) is 3.87. The molecule has 1 aliphatic heterocycles. The van der Waals surface area contributed by atoms with Crippen LogP contribution < -0.4 is 9.64 Å².